The molecule has 0 saturated carbocycles. The zero-order chi connectivity index (χ0) is 22.5. The summed E-state index contributed by atoms with van der Waals surface area (Å²) in [5.41, 5.74) is 5.93. The van der Waals surface area contributed by atoms with Gasteiger partial charge in [-0.15, -0.1) is 0 Å². The third kappa shape index (κ3) is 4.96. The number of methoxy groups -OCH3 is 1. The van der Waals surface area contributed by atoms with Crippen LogP contribution in [0.15, 0.2) is 66.7 Å². The number of hydrogen-bond acceptors (Lipinski definition) is 3. The summed E-state index contributed by atoms with van der Waals surface area (Å²) < 4.78 is 13.9. The number of aromatic nitrogens is 2. The maximum atomic E-state index is 6.23. The van der Waals surface area contributed by atoms with Crippen LogP contribution in [0.3, 0.4) is 0 Å². The van der Waals surface area contributed by atoms with Crippen molar-refractivity contribution in [3.63, 3.8) is 0 Å². The Morgan fingerprint density at radius 1 is 0.969 bits per heavy atom. The predicted octanol–water partition coefficient (Wildman–Crippen LogP) is 6.54. The van der Waals surface area contributed by atoms with Crippen LogP contribution in [0.5, 0.6) is 11.5 Å². The summed E-state index contributed by atoms with van der Waals surface area (Å²) in [6, 6.07) is 23.1. The van der Waals surface area contributed by atoms with Crippen LogP contribution in [0.1, 0.15) is 48.7 Å². The number of para-hydroxylation sites is 2. The molecule has 0 unspecified atom stereocenters. The van der Waals surface area contributed by atoms with Crippen LogP contribution in [0.4, 0.5) is 0 Å². The number of rotatable bonds is 9. The summed E-state index contributed by atoms with van der Waals surface area (Å²) in [4.78, 5) is 4.93. The first-order chi connectivity index (χ1) is 15.5. The number of fused-ring (bicyclic) bond motifs is 1. The SMILES string of the molecule is COc1ccc(Cc2nc3ccccc3n2CCCOc2cc(C)ccc2C(C)C)cc1. The Hall–Kier alpha value is -3.27. The highest BCUT2D eigenvalue weighted by Gasteiger charge is 2.12. The van der Waals surface area contributed by atoms with E-state index in [1.165, 1.54) is 22.2 Å². The smallest absolute Gasteiger partial charge is 0.123 e. The second kappa shape index (κ2) is 9.90. The van der Waals surface area contributed by atoms with Crippen molar-refractivity contribution in [1.82, 2.24) is 9.55 Å². The molecule has 4 rings (SSSR count). The predicted molar refractivity (Wildman–Crippen MR) is 131 cm³/mol. The van der Waals surface area contributed by atoms with Gasteiger partial charge in [0.05, 0.1) is 24.8 Å². The van der Waals surface area contributed by atoms with Gasteiger partial charge in [-0.05, 0) is 66.3 Å². The zero-order valence-corrected chi connectivity index (χ0v) is 19.5. The molecule has 0 atom stereocenters. The molecule has 4 aromatic rings. The number of hydrogen-bond donors (Lipinski definition) is 0. The molecule has 4 nitrogen and oxygen atoms in total. The first-order valence-electron chi connectivity index (χ1n) is 11.4. The van der Waals surface area contributed by atoms with E-state index in [0.717, 1.165) is 42.2 Å². The van der Waals surface area contributed by atoms with E-state index in [4.69, 9.17) is 14.5 Å². The minimum atomic E-state index is 0.444. The Morgan fingerprint density at radius 2 is 1.75 bits per heavy atom. The molecule has 0 bridgehead atoms. The molecule has 166 valence electrons. The molecular weight excluding hydrogens is 396 g/mol. The van der Waals surface area contributed by atoms with Crippen LogP contribution in [0.2, 0.25) is 0 Å². The van der Waals surface area contributed by atoms with E-state index < -0.39 is 0 Å². The zero-order valence-electron chi connectivity index (χ0n) is 19.5. The summed E-state index contributed by atoms with van der Waals surface area (Å²) in [6.45, 7) is 8.08. The van der Waals surface area contributed by atoms with Crippen LogP contribution < -0.4 is 9.47 Å². The van der Waals surface area contributed by atoms with Gasteiger partial charge in [0, 0.05) is 13.0 Å². The van der Waals surface area contributed by atoms with E-state index in [1.54, 1.807) is 7.11 Å². The summed E-state index contributed by atoms with van der Waals surface area (Å²) >= 11 is 0. The van der Waals surface area contributed by atoms with Gasteiger partial charge in [-0.2, -0.15) is 0 Å². The Bertz CT molecular complexity index is 1180. The Balaban J connectivity index is 1.49. The highest BCUT2D eigenvalue weighted by atomic mass is 16.5. The molecule has 32 heavy (non-hydrogen) atoms. The van der Waals surface area contributed by atoms with E-state index in [9.17, 15) is 0 Å². The number of ether oxygens (including phenoxy) is 2. The summed E-state index contributed by atoms with van der Waals surface area (Å²) in [7, 11) is 1.69. The fourth-order valence-corrected chi connectivity index (χ4v) is 4.08. The molecule has 0 spiro atoms. The number of nitrogens with zero attached hydrogens (tertiary/aromatic N) is 2. The molecule has 0 amide bonds. The van der Waals surface area contributed by atoms with E-state index in [-0.39, 0.29) is 0 Å². The lowest BCUT2D eigenvalue weighted by molar-refractivity contribution is 0.298. The van der Waals surface area contributed by atoms with E-state index in [1.807, 2.05) is 18.2 Å². The van der Waals surface area contributed by atoms with E-state index in [0.29, 0.717) is 12.5 Å². The highest BCUT2D eigenvalue weighted by molar-refractivity contribution is 5.76. The molecule has 0 radical (unpaired) electrons. The fraction of sp³-hybridized carbons (Fsp3) is 0.321. The molecule has 0 aliphatic heterocycles. The van der Waals surface area contributed by atoms with Crippen LogP contribution in [-0.2, 0) is 13.0 Å². The molecule has 1 aromatic heterocycles. The van der Waals surface area contributed by atoms with Crippen molar-refractivity contribution in [3.8, 4) is 11.5 Å². The van der Waals surface area contributed by atoms with Crippen molar-refractivity contribution in [2.75, 3.05) is 13.7 Å². The van der Waals surface area contributed by atoms with Gasteiger partial charge in [0.25, 0.3) is 0 Å². The molecule has 3 aromatic carbocycles. The standard InChI is InChI=1S/C28H32N2O2/c1-20(2)24-15-10-21(3)18-27(24)32-17-7-16-30-26-9-6-5-8-25(26)29-28(30)19-22-11-13-23(31-4)14-12-22/h5-6,8-15,18,20H,7,16-17,19H2,1-4H3. The van der Waals surface area contributed by atoms with E-state index in [2.05, 4.69) is 73.9 Å². The second-order valence-corrected chi connectivity index (χ2v) is 8.59. The maximum Gasteiger partial charge on any atom is 0.123 e. The Labute approximate surface area is 190 Å². The van der Waals surface area contributed by atoms with Crippen molar-refractivity contribution in [3.05, 3.63) is 89.2 Å². The molecule has 0 aliphatic rings. The topological polar surface area (TPSA) is 36.3 Å². The van der Waals surface area contributed by atoms with Crippen LogP contribution in [0, 0.1) is 6.92 Å². The lowest BCUT2D eigenvalue weighted by Crippen LogP contribution is -2.09. The minimum absolute atomic E-state index is 0.444. The molecule has 0 saturated heterocycles. The quantitative estimate of drug-likeness (QED) is 0.284. The number of benzene rings is 3. The Kier molecular flexibility index (Phi) is 6.79. The summed E-state index contributed by atoms with van der Waals surface area (Å²) in [5.74, 6) is 3.40. The molecule has 4 heteroatoms. The maximum absolute atomic E-state index is 6.23. The molecule has 1 heterocycles. The van der Waals surface area contributed by atoms with Gasteiger partial charge in [0.2, 0.25) is 0 Å². The molecule has 0 aliphatic carbocycles. The molecular formula is C28H32N2O2. The Morgan fingerprint density at radius 3 is 2.50 bits per heavy atom. The van der Waals surface area contributed by atoms with Crippen LogP contribution >= 0.6 is 0 Å². The average molecular weight is 429 g/mol. The van der Waals surface area contributed by atoms with Gasteiger partial charge in [-0.25, -0.2) is 4.98 Å². The van der Waals surface area contributed by atoms with Crippen molar-refractivity contribution < 1.29 is 9.47 Å². The van der Waals surface area contributed by atoms with Crippen molar-refractivity contribution >= 4 is 11.0 Å². The normalized spacial score (nSPS) is 11.3. The third-order valence-corrected chi connectivity index (χ3v) is 5.83. The average Bonchev–Trinajstić information content (AvgIpc) is 3.14. The summed E-state index contributed by atoms with van der Waals surface area (Å²) in [6.07, 6.45) is 1.70. The third-order valence-electron chi connectivity index (χ3n) is 5.83. The van der Waals surface area contributed by atoms with Crippen molar-refractivity contribution in [2.45, 2.75) is 46.1 Å². The van der Waals surface area contributed by atoms with Gasteiger partial charge < -0.3 is 14.0 Å². The lowest BCUT2D eigenvalue weighted by atomic mass is 10.0. The van der Waals surface area contributed by atoms with Crippen LogP contribution in [-0.4, -0.2) is 23.3 Å². The van der Waals surface area contributed by atoms with E-state index >= 15 is 0 Å². The minimum Gasteiger partial charge on any atom is -0.497 e. The van der Waals surface area contributed by atoms with Gasteiger partial charge in [0.1, 0.15) is 17.3 Å². The first kappa shape index (κ1) is 21.9. The largest absolute Gasteiger partial charge is 0.497 e. The number of aryl methyl sites for hydroxylation is 2. The summed E-state index contributed by atoms with van der Waals surface area (Å²) in [5, 5.41) is 0. The van der Waals surface area contributed by atoms with Crippen molar-refractivity contribution in [1.29, 1.82) is 0 Å². The molecule has 0 fully saturated rings. The molecule has 0 N–H and O–H groups in total. The first-order valence-corrected chi connectivity index (χ1v) is 11.4. The number of imidazole rings is 1. The lowest BCUT2D eigenvalue weighted by Gasteiger charge is -2.15. The van der Waals surface area contributed by atoms with Gasteiger partial charge in [0.15, 0.2) is 0 Å². The van der Waals surface area contributed by atoms with Crippen molar-refractivity contribution in [2.24, 2.45) is 0 Å². The fourth-order valence-electron chi connectivity index (χ4n) is 4.08. The second-order valence-electron chi connectivity index (χ2n) is 8.59. The highest BCUT2D eigenvalue weighted by Crippen LogP contribution is 2.28. The monoisotopic (exact) mass is 428 g/mol. The van der Waals surface area contributed by atoms with Gasteiger partial charge in [-0.1, -0.05) is 50.2 Å². The van der Waals surface area contributed by atoms with Gasteiger partial charge >= 0.3 is 0 Å². The van der Waals surface area contributed by atoms with Gasteiger partial charge in [-0.3, -0.25) is 0 Å². The van der Waals surface area contributed by atoms with Crippen LogP contribution in [0.25, 0.3) is 11.0 Å².